The Morgan fingerprint density at radius 1 is 1.29 bits per heavy atom. The minimum Gasteiger partial charge on any atom is -0.390 e. The third-order valence-corrected chi connectivity index (χ3v) is 2.34. The number of aliphatic hydroxyl groups is 1. The average molecular weight is 229 g/mol. The Morgan fingerprint density at radius 2 is 2.07 bits per heavy atom. The van der Waals surface area contributed by atoms with Crippen LogP contribution in [0, 0.1) is 0 Å². The van der Waals surface area contributed by atoms with E-state index < -0.39 is 0 Å². The van der Waals surface area contributed by atoms with E-state index in [4.69, 9.17) is 28.3 Å². The third kappa shape index (κ3) is 1.66. The predicted octanol–water partition coefficient (Wildman–Crippen LogP) is 2.43. The summed E-state index contributed by atoms with van der Waals surface area (Å²) in [6.45, 7) is -0.104. The molecule has 0 saturated carbocycles. The van der Waals surface area contributed by atoms with Crippen molar-refractivity contribution >= 4 is 34.0 Å². The normalized spacial score (nSPS) is 10.8. The van der Waals surface area contributed by atoms with Crippen LogP contribution in [0.3, 0.4) is 0 Å². The first-order chi connectivity index (χ1) is 6.70. The van der Waals surface area contributed by atoms with E-state index in [1.807, 2.05) is 0 Å². The number of rotatable bonds is 1. The minimum atomic E-state index is -0.104. The van der Waals surface area contributed by atoms with Crippen LogP contribution < -0.4 is 0 Å². The number of hydrogen-bond donors (Lipinski definition) is 1. The maximum Gasteiger partial charge on any atom is 0.140 e. The monoisotopic (exact) mass is 228 g/mol. The van der Waals surface area contributed by atoms with Crippen LogP contribution in [0.1, 0.15) is 5.69 Å². The molecule has 2 heterocycles. The number of hydrogen-bond acceptors (Lipinski definition) is 3. The van der Waals surface area contributed by atoms with Gasteiger partial charge in [0.15, 0.2) is 0 Å². The highest BCUT2D eigenvalue weighted by Crippen LogP contribution is 2.24. The van der Waals surface area contributed by atoms with E-state index in [2.05, 4.69) is 9.97 Å². The van der Waals surface area contributed by atoms with Gasteiger partial charge in [-0.15, -0.1) is 0 Å². The molecule has 2 aromatic rings. The molecule has 0 aliphatic heterocycles. The Morgan fingerprint density at radius 3 is 2.79 bits per heavy atom. The molecule has 1 N–H and O–H groups in total. The van der Waals surface area contributed by atoms with Crippen LogP contribution >= 0.6 is 23.2 Å². The van der Waals surface area contributed by atoms with Crippen molar-refractivity contribution in [1.29, 1.82) is 0 Å². The summed E-state index contributed by atoms with van der Waals surface area (Å²) in [5.74, 6) is 0. The van der Waals surface area contributed by atoms with E-state index in [-0.39, 0.29) is 6.61 Å². The van der Waals surface area contributed by atoms with Gasteiger partial charge in [0.05, 0.1) is 12.3 Å². The molecule has 0 aliphatic carbocycles. The lowest BCUT2D eigenvalue weighted by Crippen LogP contribution is -1.90. The Labute approximate surface area is 90.3 Å². The van der Waals surface area contributed by atoms with Gasteiger partial charge in [0, 0.05) is 11.6 Å². The number of aliphatic hydroxyl groups excluding tert-OH is 1. The second-order valence-electron chi connectivity index (χ2n) is 2.79. The second kappa shape index (κ2) is 3.69. The highest BCUT2D eigenvalue weighted by molar-refractivity contribution is 6.36. The average Bonchev–Trinajstić information content (AvgIpc) is 2.16. The molecule has 0 aliphatic rings. The molecule has 14 heavy (non-hydrogen) atoms. The van der Waals surface area contributed by atoms with Crippen molar-refractivity contribution in [2.75, 3.05) is 0 Å². The van der Waals surface area contributed by atoms with Gasteiger partial charge >= 0.3 is 0 Å². The standard InChI is InChI=1S/C9H6Cl2N2O/c10-8-2-5-1-6(4-14)12-3-7(5)9(11)13-8/h1-3,14H,4H2. The molecule has 0 unspecified atom stereocenters. The summed E-state index contributed by atoms with van der Waals surface area (Å²) in [4.78, 5) is 7.88. The number of pyridine rings is 2. The van der Waals surface area contributed by atoms with Gasteiger partial charge in [0.1, 0.15) is 10.3 Å². The molecule has 2 rings (SSSR count). The zero-order valence-electron chi connectivity index (χ0n) is 7.04. The molecule has 0 spiro atoms. The fourth-order valence-corrected chi connectivity index (χ4v) is 1.70. The summed E-state index contributed by atoms with van der Waals surface area (Å²) in [7, 11) is 0. The Kier molecular flexibility index (Phi) is 2.54. The molecule has 0 amide bonds. The van der Waals surface area contributed by atoms with Crippen LogP contribution in [0.2, 0.25) is 10.3 Å². The first-order valence-corrected chi connectivity index (χ1v) is 4.68. The molecule has 5 heteroatoms. The molecule has 0 saturated heterocycles. The molecule has 0 aromatic carbocycles. The lowest BCUT2D eigenvalue weighted by Gasteiger charge is -2.02. The molecule has 2 aromatic heterocycles. The smallest absolute Gasteiger partial charge is 0.140 e. The van der Waals surface area contributed by atoms with E-state index in [9.17, 15) is 0 Å². The van der Waals surface area contributed by atoms with Crippen LogP contribution in [0.15, 0.2) is 18.3 Å². The lowest BCUT2D eigenvalue weighted by atomic mass is 10.2. The molecule has 0 radical (unpaired) electrons. The van der Waals surface area contributed by atoms with Crippen LogP contribution in [-0.2, 0) is 6.61 Å². The van der Waals surface area contributed by atoms with Crippen molar-refractivity contribution in [2.45, 2.75) is 6.61 Å². The van der Waals surface area contributed by atoms with Gasteiger partial charge in [-0.3, -0.25) is 4.98 Å². The quantitative estimate of drug-likeness (QED) is 0.763. The van der Waals surface area contributed by atoms with Gasteiger partial charge in [-0.05, 0) is 17.5 Å². The van der Waals surface area contributed by atoms with Crippen molar-refractivity contribution < 1.29 is 5.11 Å². The summed E-state index contributed by atoms with van der Waals surface area (Å²) in [5.41, 5.74) is 0.579. The molecule has 0 fully saturated rings. The minimum absolute atomic E-state index is 0.104. The van der Waals surface area contributed by atoms with E-state index in [1.165, 1.54) is 0 Å². The van der Waals surface area contributed by atoms with Crippen molar-refractivity contribution in [3.05, 3.63) is 34.3 Å². The summed E-state index contributed by atoms with van der Waals surface area (Å²) < 4.78 is 0. The fourth-order valence-electron chi connectivity index (χ4n) is 1.21. The molecule has 72 valence electrons. The van der Waals surface area contributed by atoms with E-state index in [0.29, 0.717) is 16.0 Å². The Bertz CT molecular complexity index is 487. The van der Waals surface area contributed by atoms with Crippen molar-refractivity contribution in [3.8, 4) is 0 Å². The maximum atomic E-state index is 8.89. The zero-order chi connectivity index (χ0) is 10.1. The lowest BCUT2D eigenvalue weighted by molar-refractivity contribution is 0.277. The largest absolute Gasteiger partial charge is 0.390 e. The van der Waals surface area contributed by atoms with Gasteiger partial charge < -0.3 is 5.11 Å². The molecular weight excluding hydrogens is 223 g/mol. The van der Waals surface area contributed by atoms with E-state index >= 15 is 0 Å². The van der Waals surface area contributed by atoms with Crippen molar-refractivity contribution in [1.82, 2.24) is 9.97 Å². The molecule has 0 atom stereocenters. The van der Waals surface area contributed by atoms with Gasteiger partial charge in [0.25, 0.3) is 0 Å². The first kappa shape index (κ1) is 9.65. The van der Waals surface area contributed by atoms with Crippen LogP contribution in [0.4, 0.5) is 0 Å². The molecule has 3 nitrogen and oxygen atoms in total. The van der Waals surface area contributed by atoms with Crippen molar-refractivity contribution in [2.24, 2.45) is 0 Å². The maximum absolute atomic E-state index is 8.89. The number of halogens is 2. The topological polar surface area (TPSA) is 46.0 Å². The predicted molar refractivity (Wildman–Crippen MR) is 55.5 cm³/mol. The van der Waals surface area contributed by atoms with Crippen LogP contribution in [0.25, 0.3) is 10.8 Å². The summed E-state index contributed by atoms with van der Waals surface area (Å²) in [5, 5.41) is 11.1. The second-order valence-corrected chi connectivity index (χ2v) is 3.54. The molecular formula is C9H6Cl2N2O. The first-order valence-electron chi connectivity index (χ1n) is 3.92. The summed E-state index contributed by atoms with van der Waals surface area (Å²) in [6.07, 6.45) is 1.58. The number of nitrogens with zero attached hydrogens (tertiary/aromatic N) is 2. The number of aromatic nitrogens is 2. The highest BCUT2D eigenvalue weighted by Gasteiger charge is 2.04. The van der Waals surface area contributed by atoms with Crippen LogP contribution in [0.5, 0.6) is 0 Å². The molecule has 0 bridgehead atoms. The SMILES string of the molecule is OCc1cc2cc(Cl)nc(Cl)c2cn1. The van der Waals surface area contributed by atoms with E-state index in [0.717, 1.165) is 10.8 Å². The van der Waals surface area contributed by atoms with Crippen molar-refractivity contribution in [3.63, 3.8) is 0 Å². The van der Waals surface area contributed by atoms with Gasteiger partial charge in [-0.25, -0.2) is 4.98 Å². The van der Waals surface area contributed by atoms with Crippen LogP contribution in [-0.4, -0.2) is 15.1 Å². The Balaban J connectivity index is 2.75. The third-order valence-electron chi connectivity index (χ3n) is 1.86. The van der Waals surface area contributed by atoms with Gasteiger partial charge in [-0.2, -0.15) is 0 Å². The van der Waals surface area contributed by atoms with Gasteiger partial charge in [0.2, 0.25) is 0 Å². The van der Waals surface area contributed by atoms with E-state index in [1.54, 1.807) is 18.3 Å². The summed E-state index contributed by atoms with van der Waals surface area (Å²) in [6, 6.07) is 3.42. The fraction of sp³-hybridized carbons (Fsp3) is 0.111. The zero-order valence-corrected chi connectivity index (χ0v) is 8.55. The summed E-state index contributed by atoms with van der Waals surface area (Å²) >= 11 is 11.6. The number of fused-ring (bicyclic) bond motifs is 1. The Hall–Kier alpha value is -0.900. The van der Waals surface area contributed by atoms with Gasteiger partial charge in [-0.1, -0.05) is 23.2 Å². The highest BCUT2D eigenvalue weighted by atomic mass is 35.5.